The number of amides is 1. The number of carbonyl (C=O) groups excluding carboxylic acids is 1. The number of hydrogen-bond acceptors (Lipinski definition) is 2. The van der Waals surface area contributed by atoms with Crippen LogP contribution in [0.2, 0.25) is 5.15 Å². The number of nitrogens with zero attached hydrogens (tertiary/aromatic N) is 1. The highest BCUT2D eigenvalue weighted by molar-refractivity contribution is 6.30. The maximum Gasteiger partial charge on any atom is 0.255 e. The first kappa shape index (κ1) is 13.6. The second kappa shape index (κ2) is 5.41. The molecule has 1 heterocycles. The van der Waals surface area contributed by atoms with Gasteiger partial charge in [-0.2, -0.15) is 0 Å². The lowest BCUT2D eigenvalue weighted by molar-refractivity contribution is 0.102. The molecule has 0 fully saturated rings. The van der Waals surface area contributed by atoms with Crippen molar-refractivity contribution in [2.75, 3.05) is 5.32 Å². The molecule has 0 spiro atoms. The third-order valence-corrected chi connectivity index (χ3v) is 3.31. The van der Waals surface area contributed by atoms with E-state index in [1.807, 2.05) is 39.0 Å². The molecule has 0 saturated heterocycles. The fourth-order valence-electron chi connectivity index (χ4n) is 1.81. The second-order valence-corrected chi connectivity index (χ2v) is 4.96. The van der Waals surface area contributed by atoms with Gasteiger partial charge < -0.3 is 5.32 Å². The van der Waals surface area contributed by atoms with E-state index >= 15 is 0 Å². The molecule has 0 bridgehead atoms. The number of hydrogen-bond donors (Lipinski definition) is 1. The Morgan fingerprint density at radius 1 is 1.16 bits per heavy atom. The van der Waals surface area contributed by atoms with Crippen LogP contribution in [0.15, 0.2) is 30.5 Å². The number of pyridine rings is 1. The minimum atomic E-state index is -0.135. The van der Waals surface area contributed by atoms with E-state index in [0.717, 1.165) is 16.7 Å². The Bertz CT molecular complexity index is 638. The minimum Gasteiger partial charge on any atom is -0.321 e. The third-order valence-electron chi connectivity index (χ3n) is 2.91. The summed E-state index contributed by atoms with van der Waals surface area (Å²) >= 11 is 5.86. The van der Waals surface area contributed by atoms with Gasteiger partial charge in [0, 0.05) is 5.56 Å². The van der Waals surface area contributed by atoms with Crippen LogP contribution < -0.4 is 5.32 Å². The lowest BCUT2D eigenvalue weighted by atomic mass is 10.1. The zero-order valence-electron chi connectivity index (χ0n) is 11.1. The molecule has 1 aromatic carbocycles. The van der Waals surface area contributed by atoms with Crippen LogP contribution in [-0.2, 0) is 0 Å². The summed E-state index contributed by atoms with van der Waals surface area (Å²) < 4.78 is 0. The first-order valence-corrected chi connectivity index (χ1v) is 6.36. The Kier molecular flexibility index (Phi) is 3.86. The maximum absolute atomic E-state index is 12.2. The molecule has 0 atom stereocenters. The summed E-state index contributed by atoms with van der Waals surface area (Å²) in [6, 6.07) is 7.61. The minimum absolute atomic E-state index is 0.135. The monoisotopic (exact) mass is 274 g/mol. The predicted molar refractivity (Wildman–Crippen MR) is 77.9 cm³/mol. The molecule has 1 aromatic heterocycles. The van der Waals surface area contributed by atoms with E-state index in [9.17, 15) is 4.79 Å². The molecular formula is C15H15ClN2O. The quantitative estimate of drug-likeness (QED) is 0.844. The number of rotatable bonds is 2. The molecule has 0 aliphatic carbocycles. The fraction of sp³-hybridized carbons (Fsp3) is 0.200. The van der Waals surface area contributed by atoms with Crippen LogP contribution >= 0.6 is 11.6 Å². The van der Waals surface area contributed by atoms with Crippen LogP contribution in [0.5, 0.6) is 0 Å². The standard InChI is InChI=1S/C15H15ClN2O/c1-9-4-5-10(2)13(6-9)15(19)18-12-7-11(3)14(16)17-8-12/h4-8H,1-3H3,(H,18,19). The molecule has 0 aliphatic rings. The van der Waals surface area contributed by atoms with Crippen LogP contribution in [0, 0.1) is 20.8 Å². The van der Waals surface area contributed by atoms with E-state index in [2.05, 4.69) is 10.3 Å². The Morgan fingerprint density at radius 3 is 2.58 bits per heavy atom. The van der Waals surface area contributed by atoms with Crippen molar-refractivity contribution >= 4 is 23.2 Å². The van der Waals surface area contributed by atoms with Crippen LogP contribution in [0.25, 0.3) is 0 Å². The first-order valence-electron chi connectivity index (χ1n) is 5.98. The van der Waals surface area contributed by atoms with E-state index in [-0.39, 0.29) is 5.91 Å². The molecule has 0 unspecified atom stereocenters. The Labute approximate surface area is 117 Å². The van der Waals surface area contributed by atoms with Gasteiger partial charge in [-0.3, -0.25) is 4.79 Å². The number of benzene rings is 1. The Hall–Kier alpha value is -1.87. The van der Waals surface area contributed by atoms with E-state index in [0.29, 0.717) is 16.4 Å². The third kappa shape index (κ3) is 3.12. The lowest BCUT2D eigenvalue weighted by Crippen LogP contribution is -2.14. The molecule has 2 aromatic rings. The predicted octanol–water partition coefficient (Wildman–Crippen LogP) is 3.91. The van der Waals surface area contributed by atoms with Crippen molar-refractivity contribution in [3.05, 3.63) is 57.9 Å². The highest BCUT2D eigenvalue weighted by Gasteiger charge is 2.10. The lowest BCUT2D eigenvalue weighted by Gasteiger charge is -2.09. The summed E-state index contributed by atoms with van der Waals surface area (Å²) in [4.78, 5) is 16.2. The van der Waals surface area contributed by atoms with Gasteiger partial charge in [-0.25, -0.2) is 4.98 Å². The summed E-state index contributed by atoms with van der Waals surface area (Å²) in [6.07, 6.45) is 1.55. The highest BCUT2D eigenvalue weighted by Crippen LogP contribution is 2.18. The number of aromatic nitrogens is 1. The molecule has 0 saturated carbocycles. The summed E-state index contributed by atoms with van der Waals surface area (Å²) in [5, 5.41) is 3.28. The molecule has 1 N–H and O–H groups in total. The number of anilines is 1. The number of carbonyl (C=O) groups is 1. The second-order valence-electron chi connectivity index (χ2n) is 4.60. The molecule has 0 aliphatic heterocycles. The van der Waals surface area contributed by atoms with E-state index < -0.39 is 0 Å². The van der Waals surface area contributed by atoms with Gasteiger partial charge in [-0.15, -0.1) is 0 Å². The normalized spacial score (nSPS) is 10.3. The van der Waals surface area contributed by atoms with E-state index in [4.69, 9.17) is 11.6 Å². The van der Waals surface area contributed by atoms with E-state index in [1.54, 1.807) is 12.3 Å². The zero-order valence-corrected chi connectivity index (χ0v) is 11.9. The van der Waals surface area contributed by atoms with Gasteiger partial charge in [-0.1, -0.05) is 29.3 Å². The average molecular weight is 275 g/mol. The van der Waals surface area contributed by atoms with Crippen molar-refractivity contribution in [2.24, 2.45) is 0 Å². The van der Waals surface area contributed by atoms with Crippen LogP contribution in [0.3, 0.4) is 0 Å². The van der Waals surface area contributed by atoms with Crippen molar-refractivity contribution in [2.45, 2.75) is 20.8 Å². The van der Waals surface area contributed by atoms with Gasteiger partial charge in [0.1, 0.15) is 5.15 Å². The molecule has 19 heavy (non-hydrogen) atoms. The molecule has 0 radical (unpaired) electrons. The van der Waals surface area contributed by atoms with Crippen molar-refractivity contribution in [1.29, 1.82) is 0 Å². The van der Waals surface area contributed by atoms with Crippen molar-refractivity contribution < 1.29 is 4.79 Å². The Morgan fingerprint density at radius 2 is 1.89 bits per heavy atom. The zero-order chi connectivity index (χ0) is 14.0. The molecule has 1 amide bonds. The summed E-state index contributed by atoms with van der Waals surface area (Å²) in [7, 11) is 0. The molecular weight excluding hydrogens is 260 g/mol. The molecule has 98 valence electrons. The smallest absolute Gasteiger partial charge is 0.255 e. The van der Waals surface area contributed by atoms with Gasteiger partial charge in [0.15, 0.2) is 0 Å². The first-order chi connectivity index (χ1) is 8.97. The van der Waals surface area contributed by atoms with Crippen LogP contribution in [0.4, 0.5) is 5.69 Å². The fourth-order valence-corrected chi connectivity index (χ4v) is 1.91. The molecule has 2 rings (SSSR count). The van der Waals surface area contributed by atoms with Crippen LogP contribution in [-0.4, -0.2) is 10.9 Å². The molecule has 4 heteroatoms. The summed E-state index contributed by atoms with van der Waals surface area (Å²) in [6.45, 7) is 5.73. The van der Waals surface area contributed by atoms with Gasteiger partial charge in [-0.05, 0) is 44.0 Å². The maximum atomic E-state index is 12.2. The average Bonchev–Trinajstić information content (AvgIpc) is 2.36. The topological polar surface area (TPSA) is 42.0 Å². The summed E-state index contributed by atoms with van der Waals surface area (Å²) in [5.41, 5.74) is 4.16. The summed E-state index contributed by atoms with van der Waals surface area (Å²) in [5.74, 6) is -0.135. The van der Waals surface area contributed by atoms with Gasteiger partial charge in [0.2, 0.25) is 0 Å². The van der Waals surface area contributed by atoms with Gasteiger partial charge >= 0.3 is 0 Å². The van der Waals surface area contributed by atoms with Crippen LogP contribution in [0.1, 0.15) is 27.0 Å². The number of aryl methyl sites for hydroxylation is 3. The van der Waals surface area contributed by atoms with Gasteiger partial charge in [0.25, 0.3) is 5.91 Å². The van der Waals surface area contributed by atoms with Gasteiger partial charge in [0.05, 0.1) is 11.9 Å². The van der Waals surface area contributed by atoms with Crippen molar-refractivity contribution in [1.82, 2.24) is 4.98 Å². The SMILES string of the molecule is Cc1ccc(C)c(C(=O)Nc2cnc(Cl)c(C)c2)c1. The molecule has 3 nitrogen and oxygen atoms in total. The largest absolute Gasteiger partial charge is 0.321 e. The van der Waals surface area contributed by atoms with Crippen molar-refractivity contribution in [3.8, 4) is 0 Å². The van der Waals surface area contributed by atoms with E-state index in [1.165, 1.54) is 0 Å². The highest BCUT2D eigenvalue weighted by atomic mass is 35.5. The number of halogens is 1. The Balaban J connectivity index is 2.25. The number of nitrogens with one attached hydrogen (secondary N) is 1. The van der Waals surface area contributed by atoms with Crippen molar-refractivity contribution in [3.63, 3.8) is 0 Å².